The zero-order chi connectivity index (χ0) is 17.6. The Bertz CT molecular complexity index is 590. The van der Waals surface area contributed by atoms with E-state index in [1.165, 1.54) is 19.3 Å². The Morgan fingerprint density at radius 3 is 2.72 bits per heavy atom. The third-order valence-corrected chi connectivity index (χ3v) is 5.26. The highest BCUT2D eigenvalue weighted by Gasteiger charge is 2.34. The lowest BCUT2D eigenvalue weighted by atomic mass is 9.82. The minimum atomic E-state index is -0.249. The van der Waals surface area contributed by atoms with Crippen LogP contribution >= 0.6 is 0 Å². The van der Waals surface area contributed by atoms with Crippen molar-refractivity contribution in [1.82, 2.24) is 15.6 Å². The number of piperidine rings is 1. The number of nitrogens with zero attached hydrogens (tertiary/aromatic N) is 2. The van der Waals surface area contributed by atoms with Crippen molar-refractivity contribution in [3.05, 3.63) is 24.3 Å². The molecule has 0 spiro atoms. The number of fused-ring (bicyclic) bond motifs is 1. The molecule has 0 saturated carbocycles. The zero-order valence-electron chi connectivity index (χ0n) is 14.9. The molecular formula is C19H28N4O2. The summed E-state index contributed by atoms with van der Waals surface area (Å²) in [5, 5.41) is 7.30. The first kappa shape index (κ1) is 17.9. The second-order valence-corrected chi connectivity index (χ2v) is 7.11. The first-order chi connectivity index (χ1) is 12.2. The van der Waals surface area contributed by atoms with Crippen molar-refractivity contribution >= 4 is 17.5 Å². The van der Waals surface area contributed by atoms with Gasteiger partial charge in [0.15, 0.2) is 0 Å². The van der Waals surface area contributed by atoms with E-state index in [-0.39, 0.29) is 36.1 Å². The van der Waals surface area contributed by atoms with Crippen LogP contribution in [-0.2, 0) is 9.59 Å². The first-order valence-corrected chi connectivity index (χ1v) is 9.40. The fourth-order valence-corrected chi connectivity index (χ4v) is 3.78. The number of hydrazone groups is 1. The number of allylic oxidation sites excluding steroid dienone is 3. The molecule has 25 heavy (non-hydrogen) atoms. The summed E-state index contributed by atoms with van der Waals surface area (Å²) in [5.41, 5.74) is 3.28. The van der Waals surface area contributed by atoms with E-state index in [0.717, 1.165) is 31.8 Å². The van der Waals surface area contributed by atoms with Gasteiger partial charge in [0, 0.05) is 18.5 Å². The minimum Gasteiger partial charge on any atom is -0.352 e. The van der Waals surface area contributed by atoms with Crippen LogP contribution in [0.3, 0.4) is 0 Å². The van der Waals surface area contributed by atoms with Crippen LogP contribution in [-0.4, -0.2) is 48.1 Å². The smallest absolute Gasteiger partial charge is 0.247 e. The van der Waals surface area contributed by atoms with Crippen LogP contribution < -0.4 is 10.7 Å². The van der Waals surface area contributed by atoms with Gasteiger partial charge in [0.05, 0.1) is 18.1 Å². The summed E-state index contributed by atoms with van der Waals surface area (Å²) in [6, 6.07) is 0.168. The second kappa shape index (κ2) is 8.43. The molecule has 1 aliphatic carbocycles. The highest BCUT2D eigenvalue weighted by molar-refractivity contribution is 6.07. The molecule has 0 aromatic carbocycles. The lowest BCUT2D eigenvalue weighted by Gasteiger charge is -2.31. The van der Waals surface area contributed by atoms with Crippen molar-refractivity contribution in [1.29, 1.82) is 0 Å². The molecule has 2 amide bonds. The number of amides is 2. The fraction of sp³-hybridized carbons (Fsp3) is 0.632. The third kappa shape index (κ3) is 4.57. The molecule has 3 rings (SSSR count). The van der Waals surface area contributed by atoms with E-state index in [0.29, 0.717) is 0 Å². The van der Waals surface area contributed by atoms with Crippen molar-refractivity contribution in [2.24, 2.45) is 16.9 Å². The number of carbonyl (C=O) groups is 2. The van der Waals surface area contributed by atoms with Crippen molar-refractivity contribution in [2.75, 3.05) is 19.6 Å². The summed E-state index contributed by atoms with van der Waals surface area (Å²) < 4.78 is 0. The molecule has 1 saturated heterocycles. The standard InChI is InChI=1S/C19H28N4O2/c1-2-14(13-23-10-6-3-7-11-23)20-18(24)12-17-15-8-4-5-9-16(15)19(25)22-21-17/h4-5,8-9,14-16H,2-3,6-7,10-13H2,1H3,(H,20,24)(H,22,25)/t14-,15+,16-/m1/s1. The Hall–Kier alpha value is -1.95. The van der Waals surface area contributed by atoms with E-state index in [1.807, 2.05) is 24.3 Å². The monoisotopic (exact) mass is 344 g/mol. The van der Waals surface area contributed by atoms with Crippen LogP contribution in [0.2, 0.25) is 0 Å². The molecule has 3 atom stereocenters. The van der Waals surface area contributed by atoms with Gasteiger partial charge in [0.2, 0.25) is 11.8 Å². The Kier molecular flexibility index (Phi) is 6.02. The molecule has 6 nitrogen and oxygen atoms in total. The van der Waals surface area contributed by atoms with Crippen LogP contribution in [0, 0.1) is 11.8 Å². The third-order valence-electron chi connectivity index (χ3n) is 5.26. The molecule has 1 fully saturated rings. The van der Waals surface area contributed by atoms with Gasteiger partial charge in [0.25, 0.3) is 0 Å². The quantitative estimate of drug-likeness (QED) is 0.769. The summed E-state index contributed by atoms with van der Waals surface area (Å²) in [4.78, 5) is 26.9. The highest BCUT2D eigenvalue weighted by atomic mass is 16.2. The van der Waals surface area contributed by atoms with Crippen LogP contribution in [0.1, 0.15) is 39.0 Å². The molecule has 136 valence electrons. The number of likely N-dealkylation sites (tertiary alicyclic amines) is 1. The van der Waals surface area contributed by atoms with Gasteiger partial charge in [-0.1, -0.05) is 37.6 Å². The highest BCUT2D eigenvalue weighted by Crippen LogP contribution is 2.25. The average Bonchev–Trinajstić information content (AvgIpc) is 2.64. The van der Waals surface area contributed by atoms with E-state index in [4.69, 9.17) is 0 Å². The van der Waals surface area contributed by atoms with E-state index in [1.54, 1.807) is 0 Å². The van der Waals surface area contributed by atoms with Gasteiger partial charge in [-0.05, 0) is 32.4 Å². The van der Waals surface area contributed by atoms with Gasteiger partial charge < -0.3 is 10.2 Å². The molecule has 2 heterocycles. The average molecular weight is 344 g/mol. The zero-order valence-corrected chi connectivity index (χ0v) is 14.9. The summed E-state index contributed by atoms with van der Waals surface area (Å²) in [7, 11) is 0. The van der Waals surface area contributed by atoms with Crippen LogP contribution in [0.4, 0.5) is 0 Å². The van der Waals surface area contributed by atoms with Crippen LogP contribution in [0.25, 0.3) is 0 Å². The molecule has 0 bridgehead atoms. The van der Waals surface area contributed by atoms with Gasteiger partial charge in [-0.15, -0.1) is 0 Å². The molecule has 0 aromatic rings. The summed E-state index contributed by atoms with van der Waals surface area (Å²) >= 11 is 0. The molecule has 0 unspecified atom stereocenters. The first-order valence-electron chi connectivity index (χ1n) is 9.40. The summed E-state index contributed by atoms with van der Waals surface area (Å²) in [6.45, 7) is 5.29. The van der Waals surface area contributed by atoms with Crippen molar-refractivity contribution in [2.45, 2.75) is 45.1 Å². The molecule has 6 heteroatoms. The van der Waals surface area contributed by atoms with Gasteiger partial charge in [-0.2, -0.15) is 5.10 Å². The number of rotatable bonds is 6. The van der Waals surface area contributed by atoms with E-state index >= 15 is 0 Å². The Labute approximate surface area is 149 Å². The maximum atomic E-state index is 12.5. The fourth-order valence-electron chi connectivity index (χ4n) is 3.78. The lowest BCUT2D eigenvalue weighted by molar-refractivity contribution is -0.125. The van der Waals surface area contributed by atoms with E-state index in [9.17, 15) is 9.59 Å². The normalized spacial score (nSPS) is 27.2. The van der Waals surface area contributed by atoms with Crippen molar-refractivity contribution in [3.8, 4) is 0 Å². The SMILES string of the molecule is CC[C@H](CN1CCCCC1)NC(=O)CC1=NNC(=O)[C@@H]2C=CC=C[C@H]12. The number of hydrogen-bond donors (Lipinski definition) is 2. The predicted molar refractivity (Wildman–Crippen MR) is 98.0 cm³/mol. The molecule has 3 aliphatic rings. The topological polar surface area (TPSA) is 73.8 Å². The molecular weight excluding hydrogens is 316 g/mol. The van der Waals surface area contributed by atoms with Crippen molar-refractivity contribution in [3.63, 3.8) is 0 Å². The Morgan fingerprint density at radius 1 is 1.28 bits per heavy atom. The van der Waals surface area contributed by atoms with Gasteiger partial charge in [0.1, 0.15) is 0 Å². The molecule has 2 N–H and O–H groups in total. The second-order valence-electron chi connectivity index (χ2n) is 7.11. The summed E-state index contributed by atoms with van der Waals surface area (Å²) in [6.07, 6.45) is 12.6. The van der Waals surface area contributed by atoms with Gasteiger partial charge >= 0.3 is 0 Å². The number of hydrogen-bond acceptors (Lipinski definition) is 4. The predicted octanol–water partition coefficient (Wildman–Crippen LogP) is 1.60. The van der Waals surface area contributed by atoms with E-state index < -0.39 is 0 Å². The van der Waals surface area contributed by atoms with Gasteiger partial charge in [-0.3, -0.25) is 9.59 Å². The van der Waals surface area contributed by atoms with E-state index in [2.05, 4.69) is 27.7 Å². The van der Waals surface area contributed by atoms with Crippen LogP contribution in [0.15, 0.2) is 29.4 Å². The Balaban J connectivity index is 1.54. The summed E-state index contributed by atoms with van der Waals surface area (Å²) in [5.74, 6) is -0.473. The van der Waals surface area contributed by atoms with Crippen molar-refractivity contribution < 1.29 is 9.59 Å². The maximum Gasteiger partial charge on any atom is 0.247 e. The van der Waals surface area contributed by atoms with Gasteiger partial charge in [-0.25, -0.2) is 5.43 Å². The molecule has 0 aromatic heterocycles. The molecule has 0 radical (unpaired) electrons. The number of carbonyl (C=O) groups excluding carboxylic acids is 2. The maximum absolute atomic E-state index is 12.5. The molecule has 2 aliphatic heterocycles. The lowest BCUT2D eigenvalue weighted by Crippen LogP contribution is -2.47. The van der Waals surface area contributed by atoms with Crippen LogP contribution in [0.5, 0.6) is 0 Å². The largest absolute Gasteiger partial charge is 0.352 e. The number of nitrogens with one attached hydrogen (secondary N) is 2. The Morgan fingerprint density at radius 2 is 2.00 bits per heavy atom. The minimum absolute atomic E-state index is 0.0135.